The van der Waals surface area contributed by atoms with Crippen LogP contribution in [0.3, 0.4) is 0 Å². The summed E-state index contributed by atoms with van der Waals surface area (Å²) < 4.78 is 5.81. The first-order chi connectivity index (χ1) is 13.6. The molecule has 0 unspecified atom stereocenters. The maximum absolute atomic E-state index is 12.3. The van der Waals surface area contributed by atoms with Gasteiger partial charge in [-0.1, -0.05) is 30.3 Å². The van der Waals surface area contributed by atoms with Crippen LogP contribution in [0.15, 0.2) is 64.4 Å². The normalized spacial score (nSPS) is 10.8. The van der Waals surface area contributed by atoms with Gasteiger partial charge in [0.1, 0.15) is 11.3 Å². The van der Waals surface area contributed by atoms with Gasteiger partial charge in [-0.05, 0) is 29.8 Å². The molecule has 28 heavy (non-hydrogen) atoms. The number of amides is 2. The summed E-state index contributed by atoms with van der Waals surface area (Å²) in [5.74, 6) is 0.388. The molecule has 2 N–H and O–H groups in total. The van der Waals surface area contributed by atoms with Crippen LogP contribution >= 0.6 is 11.3 Å². The van der Waals surface area contributed by atoms with Crippen molar-refractivity contribution < 1.29 is 14.0 Å². The maximum atomic E-state index is 12.3. The number of anilines is 2. The molecule has 4 rings (SSSR count). The van der Waals surface area contributed by atoms with Crippen molar-refractivity contribution in [2.45, 2.75) is 13.3 Å². The van der Waals surface area contributed by atoms with E-state index >= 15 is 0 Å². The molecular formula is C21H17N3O3S. The Kier molecular flexibility index (Phi) is 4.90. The van der Waals surface area contributed by atoms with Crippen LogP contribution in [0.1, 0.15) is 12.5 Å². The Morgan fingerprint density at radius 1 is 1.07 bits per heavy atom. The van der Waals surface area contributed by atoms with E-state index in [1.54, 1.807) is 12.1 Å². The highest BCUT2D eigenvalue weighted by atomic mass is 32.1. The van der Waals surface area contributed by atoms with Crippen molar-refractivity contribution in [1.82, 2.24) is 4.98 Å². The lowest BCUT2D eigenvalue weighted by Crippen LogP contribution is -2.14. The molecule has 0 radical (unpaired) electrons. The molecule has 0 saturated heterocycles. The van der Waals surface area contributed by atoms with Crippen molar-refractivity contribution in [2.24, 2.45) is 0 Å². The van der Waals surface area contributed by atoms with Crippen molar-refractivity contribution in [3.8, 4) is 11.5 Å². The molecular weight excluding hydrogens is 374 g/mol. The van der Waals surface area contributed by atoms with Crippen LogP contribution in [0.4, 0.5) is 10.8 Å². The molecule has 0 atom stereocenters. The third kappa shape index (κ3) is 4.10. The van der Waals surface area contributed by atoms with E-state index in [0.29, 0.717) is 22.3 Å². The number of rotatable bonds is 5. The molecule has 140 valence electrons. The highest BCUT2D eigenvalue weighted by Gasteiger charge is 2.12. The molecule has 7 heteroatoms. The number of nitrogens with one attached hydrogen (secondary N) is 2. The SMILES string of the molecule is CC(=O)Nc1ccc(CC(=O)Nc2nc(-c3cc4ccccc4o3)cs2)cc1. The van der Waals surface area contributed by atoms with E-state index in [1.807, 2.05) is 47.8 Å². The Bertz CT molecular complexity index is 1110. The number of para-hydroxylation sites is 1. The van der Waals surface area contributed by atoms with Gasteiger partial charge in [0.05, 0.1) is 6.42 Å². The minimum Gasteiger partial charge on any atom is -0.454 e. The average molecular weight is 391 g/mol. The molecule has 2 aromatic carbocycles. The monoisotopic (exact) mass is 391 g/mol. The molecule has 0 bridgehead atoms. The summed E-state index contributed by atoms with van der Waals surface area (Å²) >= 11 is 1.35. The van der Waals surface area contributed by atoms with Gasteiger partial charge in [0.2, 0.25) is 11.8 Å². The van der Waals surface area contributed by atoms with Crippen molar-refractivity contribution in [1.29, 1.82) is 0 Å². The smallest absolute Gasteiger partial charge is 0.230 e. The van der Waals surface area contributed by atoms with Crippen LogP contribution in [0.5, 0.6) is 0 Å². The van der Waals surface area contributed by atoms with Gasteiger partial charge in [-0.15, -0.1) is 11.3 Å². The van der Waals surface area contributed by atoms with Gasteiger partial charge < -0.3 is 15.1 Å². The van der Waals surface area contributed by atoms with Crippen molar-refractivity contribution in [2.75, 3.05) is 10.6 Å². The number of benzene rings is 2. The number of fused-ring (bicyclic) bond motifs is 1. The second-order valence-corrected chi connectivity index (χ2v) is 7.15. The van der Waals surface area contributed by atoms with Crippen molar-refractivity contribution >= 4 is 44.9 Å². The molecule has 0 aliphatic carbocycles. The molecule has 0 aliphatic rings. The van der Waals surface area contributed by atoms with Crippen LogP contribution in [-0.4, -0.2) is 16.8 Å². The Balaban J connectivity index is 1.40. The molecule has 2 aromatic heterocycles. The van der Waals surface area contributed by atoms with Crippen LogP contribution in [0.2, 0.25) is 0 Å². The van der Waals surface area contributed by atoms with E-state index in [-0.39, 0.29) is 18.2 Å². The predicted octanol–water partition coefficient (Wildman–Crippen LogP) is 4.70. The molecule has 0 spiro atoms. The number of hydrogen-bond donors (Lipinski definition) is 2. The molecule has 2 amide bonds. The summed E-state index contributed by atoms with van der Waals surface area (Å²) in [6, 6.07) is 16.9. The van der Waals surface area contributed by atoms with Gasteiger partial charge in [0.25, 0.3) is 0 Å². The second kappa shape index (κ2) is 7.66. The number of furan rings is 1. The third-order valence-corrected chi connectivity index (χ3v) is 4.83. The van der Waals surface area contributed by atoms with E-state index in [2.05, 4.69) is 15.6 Å². The first-order valence-corrected chi connectivity index (χ1v) is 9.56. The average Bonchev–Trinajstić information content (AvgIpc) is 3.29. The summed E-state index contributed by atoms with van der Waals surface area (Å²) in [6.45, 7) is 1.45. The number of carbonyl (C=O) groups excluding carboxylic acids is 2. The van der Waals surface area contributed by atoms with Crippen molar-refractivity contribution in [3.63, 3.8) is 0 Å². The van der Waals surface area contributed by atoms with Gasteiger partial charge in [-0.3, -0.25) is 9.59 Å². The first kappa shape index (κ1) is 17.9. The molecule has 4 aromatic rings. The van der Waals surface area contributed by atoms with Gasteiger partial charge in [0.15, 0.2) is 10.9 Å². The zero-order chi connectivity index (χ0) is 19.5. The maximum Gasteiger partial charge on any atom is 0.230 e. The number of aromatic nitrogens is 1. The Morgan fingerprint density at radius 2 is 1.86 bits per heavy atom. The zero-order valence-corrected chi connectivity index (χ0v) is 15.9. The summed E-state index contributed by atoms with van der Waals surface area (Å²) in [6.07, 6.45) is 0.222. The Labute approximate surface area is 165 Å². The highest BCUT2D eigenvalue weighted by molar-refractivity contribution is 7.14. The van der Waals surface area contributed by atoms with Crippen LogP contribution < -0.4 is 10.6 Å². The number of hydrogen-bond acceptors (Lipinski definition) is 5. The number of thiazole rings is 1. The summed E-state index contributed by atoms with van der Waals surface area (Å²) in [7, 11) is 0. The molecule has 0 saturated carbocycles. The quantitative estimate of drug-likeness (QED) is 0.517. The number of nitrogens with zero attached hydrogens (tertiary/aromatic N) is 1. The number of carbonyl (C=O) groups is 2. The summed E-state index contributed by atoms with van der Waals surface area (Å²) in [5, 5.41) is 8.91. The fourth-order valence-electron chi connectivity index (χ4n) is 2.81. The summed E-state index contributed by atoms with van der Waals surface area (Å²) in [5.41, 5.74) is 3.04. The molecule has 6 nitrogen and oxygen atoms in total. The fraction of sp³-hybridized carbons (Fsp3) is 0.0952. The highest BCUT2D eigenvalue weighted by Crippen LogP contribution is 2.30. The minimum absolute atomic E-state index is 0.130. The van der Waals surface area contributed by atoms with E-state index < -0.39 is 0 Å². The van der Waals surface area contributed by atoms with Crippen LogP contribution in [0, 0.1) is 0 Å². The zero-order valence-electron chi connectivity index (χ0n) is 15.1. The van der Waals surface area contributed by atoms with Crippen molar-refractivity contribution in [3.05, 3.63) is 65.5 Å². The lowest BCUT2D eigenvalue weighted by molar-refractivity contribution is -0.116. The lowest BCUT2D eigenvalue weighted by Gasteiger charge is -2.05. The topological polar surface area (TPSA) is 84.2 Å². The Hall–Kier alpha value is -3.45. The lowest BCUT2D eigenvalue weighted by atomic mass is 10.1. The Morgan fingerprint density at radius 3 is 2.61 bits per heavy atom. The largest absolute Gasteiger partial charge is 0.454 e. The third-order valence-electron chi connectivity index (χ3n) is 4.07. The van der Waals surface area contributed by atoms with Gasteiger partial charge in [-0.25, -0.2) is 4.98 Å². The van der Waals surface area contributed by atoms with E-state index in [1.165, 1.54) is 18.3 Å². The van der Waals surface area contributed by atoms with Gasteiger partial charge >= 0.3 is 0 Å². The van der Waals surface area contributed by atoms with Crippen LogP contribution in [-0.2, 0) is 16.0 Å². The fourth-order valence-corrected chi connectivity index (χ4v) is 3.53. The standard InChI is InChI=1S/C21H17N3O3S/c1-13(25)22-16-8-6-14(7-9-16)10-20(26)24-21-23-17(12-28-21)19-11-15-4-2-3-5-18(15)27-19/h2-9,11-12H,10H2,1H3,(H,22,25)(H,23,24,26). The molecule has 0 aliphatic heterocycles. The molecule has 0 fully saturated rings. The minimum atomic E-state index is -0.155. The second-order valence-electron chi connectivity index (χ2n) is 6.29. The van der Waals surface area contributed by atoms with E-state index in [9.17, 15) is 9.59 Å². The predicted molar refractivity (Wildman–Crippen MR) is 110 cm³/mol. The van der Waals surface area contributed by atoms with E-state index in [0.717, 1.165) is 16.5 Å². The summed E-state index contributed by atoms with van der Waals surface area (Å²) in [4.78, 5) is 27.8. The van der Waals surface area contributed by atoms with Gasteiger partial charge in [0, 0.05) is 23.4 Å². The van der Waals surface area contributed by atoms with E-state index in [4.69, 9.17) is 4.42 Å². The van der Waals surface area contributed by atoms with Crippen LogP contribution in [0.25, 0.3) is 22.4 Å². The first-order valence-electron chi connectivity index (χ1n) is 8.68. The molecule has 2 heterocycles. The van der Waals surface area contributed by atoms with Gasteiger partial charge in [-0.2, -0.15) is 0 Å².